The first-order valence-corrected chi connectivity index (χ1v) is 7.00. The lowest BCUT2D eigenvalue weighted by molar-refractivity contribution is -0.114. The summed E-state index contributed by atoms with van der Waals surface area (Å²) in [4.78, 5) is 28.4. The monoisotopic (exact) mass is 310 g/mol. The van der Waals surface area contributed by atoms with Crippen LogP contribution in [0.15, 0.2) is 58.6 Å². The number of hydrogen-bond donors (Lipinski definition) is 2. The van der Waals surface area contributed by atoms with Crippen LogP contribution in [0, 0.1) is 0 Å². The van der Waals surface area contributed by atoms with Crippen molar-refractivity contribution in [3.05, 3.63) is 70.3 Å². The van der Waals surface area contributed by atoms with E-state index in [1.807, 2.05) is 30.3 Å². The van der Waals surface area contributed by atoms with E-state index < -0.39 is 23.7 Å². The van der Waals surface area contributed by atoms with Gasteiger partial charge < -0.3 is 14.8 Å². The highest BCUT2D eigenvalue weighted by molar-refractivity contribution is 6.25. The van der Waals surface area contributed by atoms with Gasteiger partial charge in [-0.05, 0) is 5.56 Å². The van der Waals surface area contributed by atoms with Crippen molar-refractivity contribution < 1.29 is 15.0 Å². The summed E-state index contributed by atoms with van der Waals surface area (Å²) in [5.74, 6) is -1.28. The lowest BCUT2D eigenvalue weighted by atomic mass is 9.92. The standard InChI is InChI=1S/C17H14N2O4/c20-10-12-6-15(21)16(22)9-19(12)14-8-18-7-13(17(14)23)11-4-2-1-3-5-11/h1-9,13,20,22H,10H2. The number of carbonyl (C=O) groups is 1. The van der Waals surface area contributed by atoms with Crippen LogP contribution < -0.4 is 5.43 Å². The number of allylic oxidation sites excluding steroid dienone is 1. The summed E-state index contributed by atoms with van der Waals surface area (Å²) in [6.07, 6.45) is 4.02. The van der Waals surface area contributed by atoms with Gasteiger partial charge in [-0.1, -0.05) is 30.3 Å². The molecule has 2 N–H and O–H groups in total. The molecule has 23 heavy (non-hydrogen) atoms. The number of ketones is 1. The van der Waals surface area contributed by atoms with Crippen molar-refractivity contribution in [2.45, 2.75) is 12.5 Å². The largest absolute Gasteiger partial charge is 0.503 e. The van der Waals surface area contributed by atoms with Gasteiger partial charge in [-0.15, -0.1) is 0 Å². The number of aromatic hydroxyl groups is 1. The summed E-state index contributed by atoms with van der Waals surface area (Å²) in [6.45, 7) is -0.445. The van der Waals surface area contributed by atoms with Crippen LogP contribution in [0.5, 0.6) is 5.75 Å². The first-order valence-electron chi connectivity index (χ1n) is 7.00. The van der Waals surface area contributed by atoms with Crippen LogP contribution in [-0.4, -0.2) is 26.8 Å². The molecule has 1 aromatic heterocycles. The van der Waals surface area contributed by atoms with E-state index in [9.17, 15) is 19.8 Å². The minimum Gasteiger partial charge on any atom is -0.503 e. The third-order valence-electron chi connectivity index (χ3n) is 3.66. The number of hydrogen-bond acceptors (Lipinski definition) is 5. The lowest BCUT2D eigenvalue weighted by Crippen LogP contribution is -2.24. The fraction of sp³-hybridized carbons (Fsp3) is 0.118. The van der Waals surface area contributed by atoms with Crippen molar-refractivity contribution in [3.8, 4) is 5.75 Å². The summed E-state index contributed by atoms with van der Waals surface area (Å²) in [5, 5.41) is 19.0. The number of aromatic nitrogens is 1. The van der Waals surface area contributed by atoms with Gasteiger partial charge in [0.2, 0.25) is 5.43 Å². The minimum atomic E-state index is -0.614. The highest BCUT2D eigenvalue weighted by Crippen LogP contribution is 2.26. The van der Waals surface area contributed by atoms with E-state index in [0.717, 1.165) is 17.8 Å². The third kappa shape index (κ3) is 2.72. The number of aliphatic imine (C=N–C) groups is 1. The predicted molar refractivity (Wildman–Crippen MR) is 85.2 cm³/mol. The Morgan fingerprint density at radius 2 is 1.91 bits per heavy atom. The van der Waals surface area contributed by atoms with Gasteiger partial charge in [0.1, 0.15) is 5.70 Å². The molecule has 0 saturated carbocycles. The molecular formula is C17H14N2O4. The maximum absolute atomic E-state index is 12.8. The minimum absolute atomic E-state index is 0.181. The molecule has 0 radical (unpaired) electrons. The second kappa shape index (κ2) is 6.02. The molecule has 1 unspecified atom stereocenters. The molecular weight excluding hydrogens is 296 g/mol. The summed E-state index contributed by atoms with van der Waals surface area (Å²) < 4.78 is 1.30. The second-order valence-corrected chi connectivity index (χ2v) is 5.11. The van der Waals surface area contributed by atoms with Crippen LogP contribution in [0.4, 0.5) is 0 Å². The Morgan fingerprint density at radius 1 is 1.17 bits per heavy atom. The van der Waals surface area contributed by atoms with Crippen LogP contribution >= 0.6 is 0 Å². The molecule has 1 aliphatic rings. The second-order valence-electron chi connectivity index (χ2n) is 5.11. The van der Waals surface area contributed by atoms with Crippen molar-refractivity contribution in [1.82, 2.24) is 4.57 Å². The maximum Gasteiger partial charge on any atom is 0.223 e. The first-order chi connectivity index (χ1) is 11.1. The van der Waals surface area contributed by atoms with Crippen LogP contribution in [0.2, 0.25) is 0 Å². The predicted octanol–water partition coefficient (Wildman–Crippen LogP) is 1.28. The SMILES string of the molecule is O=C1C(n2cc(O)c(=O)cc2CO)=CN=CC1c1ccccc1. The Bertz CT molecular complexity index is 866. The van der Waals surface area contributed by atoms with Crippen molar-refractivity contribution in [1.29, 1.82) is 0 Å². The molecule has 0 saturated heterocycles. The van der Waals surface area contributed by atoms with Gasteiger partial charge in [-0.25, -0.2) is 0 Å². The topological polar surface area (TPSA) is 91.9 Å². The average Bonchev–Trinajstić information content (AvgIpc) is 2.58. The molecule has 0 aliphatic carbocycles. The molecule has 0 amide bonds. The van der Waals surface area contributed by atoms with Crippen LogP contribution in [0.25, 0.3) is 5.70 Å². The van der Waals surface area contributed by atoms with Crippen LogP contribution in [0.3, 0.4) is 0 Å². The van der Waals surface area contributed by atoms with Crippen molar-refractivity contribution in [2.24, 2.45) is 4.99 Å². The van der Waals surface area contributed by atoms with Gasteiger partial charge in [-0.3, -0.25) is 14.6 Å². The molecule has 1 aliphatic heterocycles. The Labute approximate surface area is 131 Å². The Morgan fingerprint density at radius 3 is 2.61 bits per heavy atom. The zero-order valence-electron chi connectivity index (χ0n) is 12.1. The quantitative estimate of drug-likeness (QED) is 0.893. The zero-order valence-corrected chi connectivity index (χ0v) is 12.1. The molecule has 2 aromatic rings. The number of carbonyl (C=O) groups excluding carboxylic acids is 1. The average molecular weight is 310 g/mol. The number of benzene rings is 1. The van der Waals surface area contributed by atoms with E-state index in [4.69, 9.17) is 0 Å². The van der Waals surface area contributed by atoms with E-state index in [1.165, 1.54) is 10.8 Å². The van der Waals surface area contributed by atoms with E-state index in [1.54, 1.807) is 6.21 Å². The van der Waals surface area contributed by atoms with Gasteiger partial charge in [0.05, 0.1) is 30.6 Å². The van der Waals surface area contributed by atoms with Crippen molar-refractivity contribution in [3.63, 3.8) is 0 Å². The van der Waals surface area contributed by atoms with Gasteiger partial charge >= 0.3 is 0 Å². The molecule has 1 aromatic carbocycles. The van der Waals surface area contributed by atoms with Gasteiger partial charge in [-0.2, -0.15) is 0 Å². The zero-order chi connectivity index (χ0) is 16.4. The highest BCUT2D eigenvalue weighted by atomic mass is 16.3. The number of aliphatic hydroxyl groups is 1. The summed E-state index contributed by atoms with van der Waals surface area (Å²) in [6, 6.07) is 10.3. The number of nitrogens with zero attached hydrogens (tertiary/aromatic N) is 2. The summed E-state index contributed by atoms with van der Waals surface area (Å²) >= 11 is 0. The summed E-state index contributed by atoms with van der Waals surface area (Å²) in [7, 11) is 0. The lowest BCUT2D eigenvalue weighted by Gasteiger charge is -2.20. The van der Waals surface area contributed by atoms with Crippen LogP contribution in [0.1, 0.15) is 17.2 Å². The molecule has 0 fully saturated rings. The van der Waals surface area contributed by atoms with Crippen LogP contribution in [-0.2, 0) is 11.4 Å². The molecule has 0 spiro atoms. The Hall–Kier alpha value is -2.99. The van der Waals surface area contributed by atoms with E-state index in [0.29, 0.717) is 0 Å². The molecule has 116 valence electrons. The highest BCUT2D eigenvalue weighted by Gasteiger charge is 2.27. The van der Waals surface area contributed by atoms with Gasteiger partial charge in [0.15, 0.2) is 11.5 Å². The first kappa shape index (κ1) is 14.9. The van der Waals surface area contributed by atoms with E-state index >= 15 is 0 Å². The number of pyridine rings is 1. The normalized spacial score (nSPS) is 17.2. The van der Waals surface area contributed by atoms with Gasteiger partial charge in [0.25, 0.3) is 0 Å². The van der Waals surface area contributed by atoms with Gasteiger partial charge in [0, 0.05) is 12.3 Å². The Kier molecular flexibility index (Phi) is 3.91. The number of rotatable bonds is 3. The van der Waals surface area contributed by atoms with E-state index in [-0.39, 0.29) is 17.2 Å². The summed E-state index contributed by atoms with van der Waals surface area (Å²) in [5.41, 5.74) is 0.567. The Balaban J connectivity index is 2.06. The number of aliphatic hydroxyl groups excluding tert-OH is 1. The molecule has 3 rings (SSSR count). The third-order valence-corrected chi connectivity index (χ3v) is 3.66. The van der Waals surface area contributed by atoms with Crippen molar-refractivity contribution in [2.75, 3.05) is 0 Å². The van der Waals surface area contributed by atoms with Crippen molar-refractivity contribution >= 4 is 17.7 Å². The fourth-order valence-electron chi connectivity index (χ4n) is 2.48. The fourth-order valence-corrected chi connectivity index (χ4v) is 2.48. The molecule has 6 heteroatoms. The molecule has 0 bridgehead atoms. The molecule has 2 heterocycles. The molecule has 6 nitrogen and oxygen atoms in total. The van der Waals surface area contributed by atoms with E-state index in [2.05, 4.69) is 4.99 Å². The number of Topliss-reactive ketones (excluding diaryl/α,β-unsaturated/α-hetero) is 1. The maximum atomic E-state index is 12.8. The molecule has 1 atom stereocenters. The smallest absolute Gasteiger partial charge is 0.223 e.